The van der Waals surface area contributed by atoms with E-state index in [1.165, 1.54) is 34.9 Å². The first-order chi connectivity index (χ1) is 7.75. The van der Waals surface area contributed by atoms with Gasteiger partial charge < -0.3 is 4.74 Å². The van der Waals surface area contributed by atoms with E-state index in [0.29, 0.717) is 4.83 Å². The lowest BCUT2D eigenvalue weighted by Crippen LogP contribution is -2.16. The van der Waals surface area contributed by atoms with Gasteiger partial charge in [0.1, 0.15) is 5.75 Å². The largest absolute Gasteiger partial charge is 0.493 e. The fourth-order valence-electron chi connectivity index (χ4n) is 2.49. The highest BCUT2D eigenvalue weighted by atomic mass is 79.9. The number of hydrogen-bond donors (Lipinski definition) is 0. The van der Waals surface area contributed by atoms with Gasteiger partial charge in [0.2, 0.25) is 0 Å². The van der Waals surface area contributed by atoms with Crippen LogP contribution in [0.1, 0.15) is 35.2 Å². The third-order valence-corrected chi connectivity index (χ3v) is 5.34. The Kier molecular flexibility index (Phi) is 3.01. The van der Waals surface area contributed by atoms with Crippen LogP contribution in [0, 0.1) is 5.92 Å². The number of alkyl halides is 1. The maximum absolute atomic E-state index is 5.77. The molecule has 1 aliphatic heterocycles. The summed E-state index contributed by atoms with van der Waals surface area (Å²) in [7, 11) is 0. The van der Waals surface area contributed by atoms with Crippen LogP contribution in [0.25, 0.3) is 0 Å². The second-order valence-corrected chi connectivity index (χ2v) is 6.58. The zero-order chi connectivity index (χ0) is 11.1. The lowest BCUT2D eigenvalue weighted by Gasteiger charge is -2.31. The molecule has 1 unspecified atom stereocenters. The third-order valence-electron chi connectivity index (χ3n) is 3.64. The van der Waals surface area contributed by atoms with Crippen LogP contribution in [0.15, 0.2) is 16.6 Å². The summed E-state index contributed by atoms with van der Waals surface area (Å²) < 4.78 is 6.95. The molecule has 2 aliphatic rings. The van der Waals surface area contributed by atoms with Crippen LogP contribution in [-0.4, -0.2) is 6.61 Å². The topological polar surface area (TPSA) is 9.23 Å². The molecule has 0 radical (unpaired) electrons. The van der Waals surface area contributed by atoms with Gasteiger partial charge in [-0.15, -0.1) is 0 Å². The Morgan fingerprint density at radius 1 is 1.31 bits per heavy atom. The quantitative estimate of drug-likeness (QED) is 0.710. The van der Waals surface area contributed by atoms with E-state index in [0.717, 1.165) is 24.7 Å². The van der Waals surface area contributed by atoms with Gasteiger partial charge in [-0.25, -0.2) is 0 Å². The Morgan fingerprint density at radius 3 is 2.81 bits per heavy atom. The van der Waals surface area contributed by atoms with Crippen molar-refractivity contribution >= 4 is 31.9 Å². The van der Waals surface area contributed by atoms with Gasteiger partial charge in [0.25, 0.3) is 0 Å². The highest BCUT2D eigenvalue weighted by Gasteiger charge is 2.30. The maximum Gasteiger partial charge on any atom is 0.127 e. The van der Waals surface area contributed by atoms with E-state index in [-0.39, 0.29) is 0 Å². The molecule has 0 amide bonds. The number of ether oxygens (including phenoxy) is 1. The monoisotopic (exact) mass is 344 g/mol. The summed E-state index contributed by atoms with van der Waals surface area (Å²) in [6.45, 7) is 0.836. The summed E-state index contributed by atoms with van der Waals surface area (Å²) in [4.78, 5) is 0.464. The van der Waals surface area contributed by atoms with Crippen molar-refractivity contribution in [3.8, 4) is 5.75 Å². The number of benzene rings is 1. The van der Waals surface area contributed by atoms with Gasteiger partial charge in [0.15, 0.2) is 0 Å². The van der Waals surface area contributed by atoms with Crippen LogP contribution in [0.5, 0.6) is 5.75 Å². The van der Waals surface area contributed by atoms with Crippen molar-refractivity contribution in [1.29, 1.82) is 0 Å². The van der Waals surface area contributed by atoms with E-state index >= 15 is 0 Å². The lowest BCUT2D eigenvalue weighted by atomic mass is 9.80. The zero-order valence-corrected chi connectivity index (χ0v) is 12.2. The molecule has 1 aromatic carbocycles. The van der Waals surface area contributed by atoms with Gasteiger partial charge in [-0.2, -0.15) is 0 Å². The fraction of sp³-hybridized carbons (Fsp3) is 0.538. The number of halogens is 2. The standard InChI is InChI=1S/C13H14Br2O/c14-10-6-9-4-5-16-13(9)11(7-10)12(15)8-2-1-3-8/h6-8,12H,1-5H2. The smallest absolute Gasteiger partial charge is 0.127 e. The van der Waals surface area contributed by atoms with Gasteiger partial charge >= 0.3 is 0 Å². The molecule has 86 valence electrons. The molecule has 1 saturated carbocycles. The average Bonchev–Trinajstić information content (AvgIpc) is 2.60. The van der Waals surface area contributed by atoms with Crippen LogP contribution >= 0.6 is 31.9 Å². The molecule has 0 aromatic heterocycles. The molecular formula is C13H14Br2O. The summed E-state index contributed by atoms with van der Waals surface area (Å²) >= 11 is 7.45. The van der Waals surface area contributed by atoms with Crippen molar-refractivity contribution in [1.82, 2.24) is 0 Å². The lowest BCUT2D eigenvalue weighted by molar-refractivity contribution is 0.303. The minimum Gasteiger partial charge on any atom is -0.493 e. The van der Waals surface area contributed by atoms with Crippen molar-refractivity contribution in [3.05, 3.63) is 27.7 Å². The summed E-state index contributed by atoms with van der Waals surface area (Å²) in [6, 6.07) is 4.40. The van der Waals surface area contributed by atoms with E-state index in [9.17, 15) is 0 Å². The van der Waals surface area contributed by atoms with E-state index in [1.807, 2.05) is 0 Å². The van der Waals surface area contributed by atoms with Crippen molar-refractivity contribution in [3.63, 3.8) is 0 Å². The van der Waals surface area contributed by atoms with Crippen molar-refractivity contribution < 1.29 is 4.74 Å². The van der Waals surface area contributed by atoms with Gasteiger partial charge in [-0.3, -0.25) is 0 Å². The second-order valence-electron chi connectivity index (χ2n) is 4.67. The SMILES string of the molecule is Brc1cc2c(c(C(Br)C3CCC3)c1)OCC2. The Bertz CT molecular complexity index is 413. The van der Waals surface area contributed by atoms with Crippen LogP contribution in [0.3, 0.4) is 0 Å². The van der Waals surface area contributed by atoms with Crippen molar-refractivity contribution in [2.75, 3.05) is 6.61 Å². The molecule has 16 heavy (non-hydrogen) atoms. The highest BCUT2D eigenvalue weighted by Crippen LogP contribution is 2.48. The number of hydrogen-bond acceptors (Lipinski definition) is 1. The first-order valence-electron chi connectivity index (χ1n) is 5.85. The van der Waals surface area contributed by atoms with Crippen molar-refractivity contribution in [2.24, 2.45) is 5.92 Å². The third kappa shape index (κ3) is 1.82. The molecule has 1 aliphatic carbocycles. The Hall–Kier alpha value is -0.0200. The van der Waals surface area contributed by atoms with Gasteiger partial charge in [0.05, 0.1) is 6.61 Å². The molecule has 0 N–H and O–H groups in total. The van der Waals surface area contributed by atoms with E-state index in [1.54, 1.807) is 0 Å². The molecule has 1 nitrogen and oxygen atoms in total. The van der Waals surface area contributed by atoms with E-state index in [4.69, 9.17) is 4.74 Å². The molecule has 1 fully saturated rings. The van der Waals surface area contributed by atoms with Crippen LogP contribution in [0.4, 0.5) is 0 Å². The molecule has 0 spiro atoms. The molecular weight excluding hydrogens is 332 g/mol. The predicted molar refractivity (Wildman–Crippen MR) is 72.4 cm³/mol. The number of fused-ring (bicyclic) bond motifs is 1. The molecule has 3 heteroatoms. The second kappa shape index (κ2) is 4.34. The van der Waals surface area contributed by atoms with Crippen molar-refractivity contribution in [2.45, 2.75) is 30.5 Å². The molecule has 3 rings (SSSR count). The minimum atomic E-state index is 0.464. The van der Waals surface area contributed by atoms with Crippen LogP contribution in [-0.2, 0) is 6.42 Å². The predicted octanol–water partition coefficient (Wildman–Crippen LogP) is 4.62. The molecule has 1 aromatic rings. The molecule has 1 atom stereocenters. The average molecular weight is 346 g/mol. The highest BCUT2D eigenvalue weighted by molar-refractivity contribution is 9.10. The Labute approximate surface area is 113 Å². The van der Waals surface area contributed by atoms with E-state index in [2.05, 4.69) is 44.0 Å². The first kappa shape index (κ1) is 11.1. The number of rotatable bonds is 2. The van der Waals surface area contributed by atoms with Crippen LogP contribution < -0.4 is 4.74 Å². The fourth-order valence-corrected chi connectivity index (χ4v) is 3.88. The van der Waals surface area contributed by atoms with Crippen LogP contribution in [0.2, 0.25) is 0 Å². The Morgan fingerprint density at radius 2 is 2.12 bits per heavy atom. The molecule has 0 bridgehead atoms. The summed E-state index contributed by atoms with van der Waals surface area (Å²) in [5.74, 6) is 1.93. The van der Waals surface area contributed by atoms with Gasteiger partial charge in [0, 0.05) is 21.3 Å². The maximum atomic E-state index is 5.77. The minimum absolute atomic E-state index is 0.464. The molecule has 1 heterocycles. The summed E-state index contributed by atoms with van der Waals surface area (Å²) in [6.07, 6.45) is 5.12. The molecule has 0 saturated heterocycles. The summed E-state index contributed by atoms with van der Waals surface area (Å²) in [5, 5.41) is 0. The normalized spacial score (nSPS) is 21.1. The Balaban J connectivity index is 1.99. The van der Waals surface area contributed by atoms with Gasteiger partial charge in [-0.05, 0) is 36.5 Å². The zero-order valence-electron chi connectivity index (χ0n) is 9.01. The summed E-state index contributed by atoms with van der Waals surface area (Å²) in [5.41, 5.74) is 2.69. The van der Waals surface area contributed by atoms with E-state index < -0.39 is 0 Å². The first-order valence-corrected chi connectivity index (χ1v) is 7.56. The van der Waals surface area contributed by atoms with Gasteiger partial charge in [-0.1, -0.05) is 38.3 Å².